The Labute approximate surface area is 96.4 Å². The van der Waals surface area contributed by atoms with Gasteiger partial charge in [0.05, 0.1) is 11.8 Å². The molecule has 0 saturated heterocycles. The van der Waals surface area contributed by atoms with Crippen LogP contribution in [0.5, 0.6) is 0 Å². The highest BCUT2D eigenvalue weighted by molar-refractivity contribution is 7.98. The van der Waals surface area contributed by atoms with Crippen molar-refractivity contribution >= 4 is 23.6 Å². The van der Waals surface area contributed by atoms with Crippen LogP contribution in [-0.2, 0) is 4.79 Å². The average molecular weight is 244 g/mol. The smallest absolute Gasteiger partial charge is 0.326 e. The molecule has 1 rings (SSSR count). The number of hydrogen-bond donors (Lipinski definition) is 2. The second kappa shape index (κ2) is 6.16. The maximum absolute atomic E-state index is 11.5. The number of thioether (sulfide) groups is 1. The number of nitrogens with one attached hydrogen (secondary N) is 1. The molecular formula is C9H12N2O4S. The molecule has 0 radical (unpaired) electrons. The van der Waals surface area contributed by atoms with Gasteiger partial charge in [-0.1, -0.05) is 5.16 Å². The van der Waals surface area contributed by atoms with E-state index in [4.69, 9.17) is 5.11 Å². The molecule has 0 aliphatic carbocycles. The Bertz CT molecular complexity index is 352. The molecule has 1 aromatic heterocycles. The lowest BCUT2D eigenvalue weighted by Crippen LogP contribution is -2.41. The predicted octanol–water partition coefficient (Wildman–Crippen LogP) is 0.611. The molecule has 0 bridgehead atoms. The van der Waals surface area contributed by atoms with Crippen molar-refractivity contribution in [3.05, 3.63) is 18.0 Å². The molecule has 6 nitrogen and oxygen atoms in total. The van der Waals surface area contributed by atoms with Crippen LogP contribution in [-0.4, -0.2) is 40.2 Å². The van der Waals surface area contributed by atoms with Crippen molar-refractivity contribution < 1.29 is 19.2 Å². The van der Waals surface area contributed by atoms with E-state index in [9.17, 15) is 9.59 Å². The Morgan fingerprint density at radius 1 is 1.69 bits per heavy atom. The van der Waals surface area contributed by atoms with Crippen molar-refractivity contribution in [2.24, 2.45) is 0 Å². The van der Waals surface area contributed by atoms with E-state index in [-0.39, 0.29) is 5.56 Å². The lowest BCUT2D eigenvalue weighted by molar-refractivity contribution is -0.139. The van der Waals surface area contributed by atoms with Crippen LogP contribution < -0.4 is 5.32 Å². The van der Waals surface area contributed by atoms with Crippen LogP contribution in [0.4, 0.5) is 0 Å². The molecule has 1 amide bonds. The van der Waals surface area contributed by atoms with Crippen molar-refractivity contribution in [1.29, 1.82) is 0 Å². The number of carboxylic acid groups (broad SMARTS) is 1. The summed E-state index contributed by atoms with van der Waals surface area (Å²) < 4.78 is 4.50. The number of rotatable bonds is 6. The van der Waals surface area contributed by atoms with Crippen molar-refractivity contribution in [1.82, 2.24) is 10.5 Å². The summed E-state index contributed by atoms with van der Waals surface area (Å²) in [5.41, 5.74) is 0.218. The quantitative estimate of drug-likeness (QED) is 0.761. The van der Waals surface area contributed by atoms with Gasteiger partial charge >= 0.3 is 5.97 Å². The van der Waals surface area contributed by atoms with Crippen LogP contribution in [0.1, 0.15) is 16.8 Å². The first kappa shape index (κ1) is 12.6. The highest BCUT2D eigenvalue weighted by Gasteiger charge is 2.20. The summed E-state index contributed by atoms with van der Waals surface area (Å²) in [6.07, 6.45) is 4.67. The van der Waals surface area contributed by atoms with E-state index in [0.29, 0.717) is 12.2 Å². The van der Waals surface area contributed by atoms with Crippen LogP contribution >= 0.6 is 11.8 Å². The molecule has 1 aromatic rings. The van der Waals surface area contributed by atoms with Crippen LogP contribution in [0.3, 0.4) is 0 Å². The second-order valence-corrected chi connectivity index (χ2v) is 4.04. The van der Waals surface area contributed by atoms with Crippen molar-refractivity contribution in [2.45, 2.75) is 12.5 Å². The van der Waals surface area contributed by atoms with E-state index in [0.717, 1.165) is 0 Å². The standard InChI is InChI=1S/C9H12N2O4S/c1-16-3-2-7(9(13)14)11-8(12)6-4-10-15-5-6/h4-5,7H,2-3H2,1H3,(H,11,12)(H,13,14)/t7-/m0/s1. The fraction of sp³-hybridized carbons (Fsp3) is 0.444. The first-order chi connectivity index (χ1) is 7.65. The summed E-state index contributed by atoms with van der Waals surface area (Å²) in [6.45, 7) is 0. The summed E-state index contributed by atoms with van der Waals surface area (Å²) in [6, 6.07) is -0.880. The summed E-state index contributed by atoms with van der Waals surface area (Å²) in [7, 11) is 0. The van der Waals surface area contributed by atoms with E-state index < -0.39 is 17.9 Å². The molecule has 7 heteroatoms. The van der Waals surface area contributed by atoms with E-state index >= 15 is 0 Å². The van der Waals surface area contributed by atoms with Gasteiger partial charge in [0.15, 0.2) is 0 Å². The van der Waals surface area contributed by atoms with Gasteiger partial charge in [0.1, 0.15) is 12.3 Å². The van der Waals surface area contributed by atoms with Gasteiger partial charge in [0.25, 0.3) is 5.91 Å². The summed E-state index contributed by atoms with van der Waals surface area (Å²) in [5, 5.41) is 14.7. The first-order valence-corrected chi connectivity index (χ1v) is 5.96. The lowest BCUT2D eigenvalue weighted by Gasteiger charge is -2.12. The highest BCUT2D eigenvalue weighted by Crippen LogP contribution is 2.03. The molecule has 0 fully saturated rings. The second-order valence-electron chi connectivity index (χ2n) is 3.06. The monoisotopic (exact) mass is 244 g/mol. The normalized spacial score (nSPS) is 12.1. The zero-order valence-corrected chi connectivity index (χ0v) is 9.49. The van der Waals surface area contributed by atoms with Gasteiger partial charge in [0, 0.05) is 0 Å². The van der Waals surface area contributed by atoms with Crippen molar-refractivity contribution in [3.63, 3.8) is 0 Å². The van der Waals surface area contributed by atoms with Gasteiger partial charge in [-0.05, 0) is 18.4 Å². The Kier molecular flexibility index (Phi) is 4.84. The largest absolute Gasteiger partial charge is 0.480 e. The van der Waals surface area contributed by atoms with Crippen LogP contribution in [0.2, 0.25) is 0 Å². The van der Waals surface area contributed by atoms with Crippen LogP contribution in [0.15, 0.2) is 17.0 Å². The Hall–Kier alpha value is -1.50. The molecule has 0 aliphatic heterocycles. The molecule has 88 valence electrons. The maximum atomic E-state index is 11.5. The maximum Gasteiger partial charge on any atom is 0.326 e. The van der Waals surface area contributed by atoms with Gasteiger partial charge in [-0.2, -0.15) is 11.8 Å². The topological polar surface area (TPSA) is 92.4 Å². The third kappa shape index (κ3) is 3.58. The molecule has 0 unspecified atom stereocenters. The number of nitrogens with zero attached hydrogens (tertiary/aromatic N) is 1. The van der Waals surface area contributed by atoms with Crippen molar-refractivity contribution in [2.75, 3.05) is 12.0 Å². The molecule has 0 aliphatic rings. The first-order valence-electron chi connectivity index (χ1n) is 4.57. The van der Waals surface area contributed by atoms with E-state index in [2.05, 4.69) is 15.0 Å². The number of aliphatic carboxylic acids is 1. The SMILES string of the molecule is CSCC[C@H](NC(=O)c1cnoc1)C(=O)O. The molecule has 16 heavy (non-hydrogen) atoms. The van der Waals surface area contributed by atoms with Gasteiger partial charge in [0.2, 0.25) is 0 Å². The Morgan fingerprint density at radius 3 is 2.94 bits per heavy atom. The minimum absolute atomic E-state index is 0.218. The number of carbonyl (C=O) groups excluding carboxylic acids is 1. The Morgan fingerprint density at radius 2 is 2.44 bits per heavy atom. The summed E-state index contributed by atoms with van der Waals surface area (Å²) in [4.78, 5) is 22.3. The van der Waals surface area contributed by atoms with Crippen LogP contribution in [0, 0.1) is 0 Å². The molecule has 0 aromatic carbocycles. The molecule has 0 saturated carbocycles. The third-order valence-corrected chi connectivity index (χ3v) is 2.55. The number of amides is 1. The van der Waals surface area contributed by atoms with Crippen molar-refractivity contribution in [3.8, 4) is 0 Å². The lowest BCUT2D eigenvalue weighted by atomic mass is 10.2. The van der Waals surface area contributed by atoms with E-state index in [1.807, 2.05) is 6.26 Å². The zero-order valence-electron chi connectivity index (χ0n) is 8.67. The minimum atomic E-state index is -1.04. The molecular weight excluding hydrogens is 232 g/mol. The van der Waals surface area contributed by atoms with Gasteiger partial charge in [-0.3, -0.25) is 4.79 Å². The molecule has 1 atom stereocenters. The Balaban J connectivity index is 2.54. The van der Waals surface area contributed by atoms with Gasteiger partial charge in [-0.15, -0.1) is 0 Å². The summed E-state index contributed by atoms with van der Waals surface area (Å²) in [5.74, 6) is -0.866. The number of hydrogen-bond acceptors (Lipinski definition) is 5. The molecule has 2 N–H and O–H groups in total. The third-order valence-electron chi connectivity index (χ3n) is 1.91. The number of carbonyl (C=O) groups is 2. The molecule has 1 heterocycles. The summed E-state index contributed by atoms with van der Waals surface area (Å²) >= 11 is 1.53. The van der Waals surface area contributed by atoms with Crippen LogP contribution in [0.25, 0.3) is 0 Å². The average Bonchev–Trinajstić information content (AvgIpc) is 2.76. The number of aromatic nitrogens is 1. The van der Waals surface area contributed by atoms with Gasteiger partial charge in [-0.25, -0.2) is 4.79 Å². The van der Waals surface area contributed by atoms with Gasteiger partial charge < -0.3 is 14.9 Å². The predicted molar refractivity (Wildman–Crippen MR) is 58.4 cm³/mol. The minimum Gasteiger partial charge on any atom is -0.480 e. The zero-order chi connectivity index (χ0) is 12.0. The fourth-order valence-electron chi connectivity index (χ4n) is 1.05. The fourth-order valence-corrected chi connectivity index (χ4v) is 1.52. The highest BCUT2D eigenvalue weighted by atomic mass is 32.2. The molecule has 0 spiro atoms. The van der Waals surface area contributed by atoms with E-state index in [1.54, 1.807) is 0 Å². The number of carboxylic acids is 1. The van der Waals surface area contributed by atoms with E-state index in [1.165, 1.54) is 24.2 Å².